The molecule has 1 N–H and O–H groups in total. The summed E-state index contributed by atoms with van der Waals surface area (Å²) >= 11 is 6.17. The van der Waals surface area contributed by atoms with Gasteiger partial charge in [-0.1, -0.05) is 60.1 Å². The molecule has 0 spiro atoms. The van der Waals surface area contributed by atoms with Crippen molar-refractivity contribution < 1.29 is 22.7 Å². The predicted octanol–water partition coefficient (Wildman–Crippen LogP) is 6.04. The zero-order chi connectivity index (χ0) is 28.0. The van der Waals surface area contributed by atoms with Crippen LogP contribution in [0.2, 0.25) is 5.02 Å². The van der Waals surface area contributed by atoms with Gasteiger partial charge >= 0.3 is 0 Å². The molecule has 200 valence electrons. The number of rotatable bonds is 10. The third kappa shape index (κ3) is 6.54. The Balaban J connectivity index is 1.62. The van der Waals surface area contributed by atoms with Crippen LogP contribution in [0.25, 0.3) is 0 Å². The molecule has 4 aromatic rings. The van der Waals surface area contributed by atoms with Crippen LogP contribution in [0, 0.1) is 0 Å². The fourth-order valence-electron chi connectivity index (χ4n) is 3.99. The number of nitrogens with zero attached hydrogens (tertiary/aromatic N) is 1. The van der Waals surface area contributed by atoms with Crippen LogP contribution in [0.3, 0.4) is 0 Å². The van der Waals surface area contributed by atoms with Crippen LogP contribution in [0.4, 0.5) is 5.69 Å². The Hall–Kier alpha value is -3.98. The van der Waals surface area contributed by atoms with E-state index in [4.69, 9.17) is 16.3 Å². The molecule has 0 unspecified atom stereocenters. The second kappa shape index (κ2) is 12.3. The largest absolute Gasteiger partial charge is 0.494 e. The van der Waals surface area contributed by atoms with E-state index in [1.54, 1.807) is 72.8 Å². The van der Waals surface area contributed by atoms with Crippen molar-refractivity contribution in [3.05, 3.63) is 124 Å². The van der Waals surface area contributed by atoms with Crippen LogP contribution < -0.4 is 10.1 Å². The van der Waals surface area contributed by atoms with E-state index in [1.165, 1.54) is 29.6 Å². The number of halogens is 1. The lowest BCUT2D eigenvalue weighted by molar-refractivity contribution is 0.102. The number of carbonyl (C=O) groups excluding carboxylic acids is 2. The summed E-state index contributed by atoms with van der Waals surface area (Å²) in [5, 5.41) is 3.16. The van der Waals surface area contributed by atoms with Crippen LogP contribution in [0.15, 0.2) is 102 Å². The number of anilines is 1. The second-order valence-corrected chi connectivity index (χ2v) is 11.2. The van der Waals surface area contributed by atoms with Gasteiger partial charge in [0.15, 0.2) is 5.78 Å². The lowest BCUT2D eigenvalue weighted by atomic mass is 10.0. The van der Waals surface area contributed by atoms with E-state index < -0.39 is 15.9 Å². The fraction of sp³-hybridized carbons (Fsp3) is 0.133. The van der Waals surface area contributed by atoms with Crippen molar-refractivity contribution in [1.82, 2.24) is 4.31 Å². The number of carbonyl (C=O) groups is 2. The van der Waals surface area contributed by atoms with E-state index in [1.807, 2.05) is 13.0 Å². The first-order valence-corrected chi connectivity index (χ1v) is 14.0. The minimum absolute atomic E-state index is 0.0215. The third-order valence-corrected chi connectivity index (χ3v) is 8.03. The molecule has 0 saturated carbocycles. The van der Waals surface area contributed by atoms with E-state index in [0.29, 0.717) is 34.2 Å². The molecule has 1 amide bonds. The molecule has 9 heteroatoms. The number of hydrogen-bond donors (Lipinski definition) is 1. The van der Waals surface area contributed by atoms with E-state index in [9.17, 15) is 18.0 Å². The van der Waals surface area contributed by atoms with Crippen molar-refractivity contribution in [3.63, 3.8) is 0 Å². The third-order valence-electron chi connectivity index (χ3n) is 5.98. The van der Waals surface area contributed by atoms with Gasteiger partial charge in [0.2, 0.25) is 10.0 Å². The molecule has 7 nitrogen and oxygen atoms in total. The molecule has 39 heavy (non-hydrogen) atoms. The molecule has 0 heterocycles. The van der Waals surface area contributed by atoms with Crippen molar-refractivity contribution in [2.24, 2.45) is 0 Å². The average molecular weight is 563 g/mol. The van der Waals surface area contributed by atoms with Crippen molar-refractivity contribution in [2.45, 2.75) is 18.4 Å². The van der Waals surface area contributed by atoms with Gasteiger partial charge in [-0.05, 0) is 55.5 Å². The summed E-state index contributed by atoms with van der Waals surface area (Å²) in [5.74, 6) is -0.290. The summed E-state index contributed by atoms with van der Waals surface area (Å²) in [6.07, 6.45) is 0. The van der Waals surface area contributed by atoms with Gasteiger partial charge in [0, 0.05) is 40.9 Å². The van der Waals surface area contributed by atoms with Crippen molar-refractivity contribution >= 4 is 39.0 Å². The zero-order valence-electron chi connectivity index (χ0n) is 21.4. The SMILES string of the molecule is CCOc1ccc(C(=O)Nc2ccc(Cl)cc2C(=O)c2ccccc2)cc1CN(C)S(=O)(=O)c1ccccc1. The minimum atomic E-state index is -3.77. The van der Waals surface area contributed by atoms with Crippen molar-refractivity contribution in [1.29, 1.82) is 0 Å². The highest BCUT2D eigenvalue weighted by atomic mass is 35.5. The van der Waals surface area contributed by atoms with E-state index >= 15 is 0 Å². The Labute approximate surface area is 233 Å². The van der Waals surface area contributed by atoms with Crippen LogP contribution in [-0.4, -0.2) is 38.1 Å². The Bertz CT molecular complexity index is 1590. The predicted molar refractivity (Wildman–Crippen MR) is 152 cm³/mol. The normalized spacial score (nSPS) is 11.3. The minimum Gasteiger partial charge on any atom is -0.494 e. The van der Waals surface area contributed by atoms with Gasteiger partial charge in [-0.25, -0.2) is 8.42 Å². The van der Waals surface area contributed by atoms with E-state index in [-0.39, 0.29) is 28.4 Å². The number of ether oxygens (including phenoxy) is 1. The Kier molecular flexibility index (Phi) is 8.81. The topological polar surface area (TPSA) is 92.8 Å². The van der Waals surface area contributed by atoms with Crippen LogP contribution >= 0.6 is 11.6 Å². The molecular formula is C30H27ClN2O5S. The maximum Gasteiger partial charge on any atom is 0.255 e. The summed E-state index contributed by atoms with van der Waals surface area (Å²) in [5.41, 5.74) is 1.80. The maximum atomic E-state index is 13.3. The summed E-state index contributed by atoms with van der Waals surface area (Å²) in [7, 11) is -2.30. The molecule has 0 aliphatic heterocycles. The first kappa shape index (κ1) is 28.0. The second-order valence-electron chi connectivity index (χ2n) is 8.67. The number of benzene rings is 4. The Morgan fingerprint density at radius 2 is 1.54 bits per heavy atom. The molecule has 0 saturated heterocycles. The lowest BCUT2D eigenvalue weighted by Crippen LogP contribution is -2.27. The van der Waals surface area contributed by atoms with Gasteiger partial charge in [-0.3, -0.25) is 9.59 Å². The van der Waals surface area contributed by atoms with Crippen LogP contribution in [0.1, 0.15) is 38.8 Å². The van der Waals surface area contributed by atoms with Gasteiger partial charge < -0.3 is 10.1 Å². The maximum absolute atomic E-state index is 13.3. The van der Waals surface area contributed by atoms with Gasteiger partial charge in [-0.2, -0.15) is 4.31 Å². The Morgan fingerprint density at radius 1 is 0.872 bits per heavy atom. The number of nitrogens with one attached hydrogen (secondary N) is 1. The van der Waals surface area contributed by atoms with Crippen LogP contribution in [0.5, 0.6) is 5.75 Å². The molecule has 0 aromatic heterocycles. The molecule has 4 aromatic carbocycles. The number of sulfonamides is 1. The summed E-state index contributed by atoms with van der Waals surface area (Å²) in [6, 6.07) is 26.3. The molecule has 4 rings (SSSR count). The number of ketones is 1. The first-order chi connectivity index (χ1) is 18.7. The average Bonchev–Trinajstić information content (AvgIpc) is 2.95. The smallest absolute Gasteiger partial charge is 0.255 e. The highest BCUT2D eigenvalue weighted by Crippen LogP contribution is 2.27. The molecule has 0 radical (unpaired) electrons. The molecule has 0 atom stereocenters. The van der Waals surface area contributed by atoms with Gasteiger partial charge in [0.05, 0.1) is 17.2 Å². The quantitative estimate of drug-likeness (QED) is 0.238. The fourth-order valence-corrected chi connectivity index (χ4v) is 5.33. The molecule has 0 aliphatic rings. The number of amides is 1. The summed E-state index contributed by atoms with van der Waals surface area (Å²) in [4.78, 5) is 26.6. The highest BCUT2D eigenvalue weighted by Gasteiger charge is 2.23. The highest BCUT2D eigenvalue weighted by molar-refractivity contribution is 7.89. The summed E-state index contributed by atoms with van der Waals surface area (Å²) in [6.45, 7) is 2.16. The van der Waals surface area contributed by atoms with Gasteiger partial charge in [0.1, 0.15) is 5.75 Å². The van der Waals surface area contributed by atoms with Crippen molar-refractivity contribution in [2.75, 3.05) is 19.0 Å². The number of hydrogen-bond acceptors (Lipinski definition) is 5. The van der Waals surface area contributed by atoms with Crippen LogP contribution in [-0.2, 0) is 16.6 Å². The zero-order valence-corrected chi connectivity index (χ0v) is 23.0. The molecule has 0 fully saturated rings. The van der Waals surface area contributed by atoms with Gasteiger partial charge in [-0.15, -0.1) is 0 Å². The summed E-state index contributed by atoms with van der Waals surface area (Å²) < 4.78 is 33.1. The molecule has 0 aliphatic carbocycles. The van der Waals surface area contributed by atoms with E-state index in [2.05, 4.69) is 5.32 Å². The lowest BCUT2D eigenvalue weighted by Gasteiger charge is -2.20. The van der Waals surface area contributed by atoms with Crippen molar-refractivity contribution in [3.8, 4) is 5.75 Å². The monoisotopic (exact) mass is 562 g/mol. The molecule has 0 bridgehead atoms. The molecular weight excluding hydrogens is 536 g/mol. The first-order valence-electron chi connectivity index (χ1n) is 12.2. The standard InChI is InChI=1S/C30H27ClN2O5S/c1-3-38-28-17-14-22(18-23(28)20-33(2)39(36,37)25-12-8-5-9-13-25)30(35)32-27-16-15-24(31)19-26(27)29(34)21-10-6-4-7-11-21/h4-19H,3,20H2,1-2H3,(H,32,35). The van der Waals surface area contributed by atoms with E-state index in [0.717, 1.165) is 0 Å². The van der Waals surface area contributed by atoms with Gasteiger partial charge in [0.25, 0.3) is 5.91 Å². The Morgan fingerprint density at radius 3 is 2.21 bits per heavy atom.